The van der Waals surface area contributed by atoms with Crippen LogP contribution in [0.3, 0.4) is 0 Å². The zero-order chi connectivity index (χ0) is 19.1. The van der Waals surface area contributed by atoms with Crippen molar-refractivity contribution in [1.29, 1.82) is 0 Å². The van der Waals surface area contributed by atoms with Gasteiger partial charge in [0.2, 0.25) is 0 Å². The van der Waals surface area contributed by atoms with E-state index in [0.717, 1.165) is 30.6 Å². The van der Waals surface area contributed by atoms with E-state index in [1.165, 1.54) is 63.4 Å². The lowest BCUT2D eigenvalue weighted by molar-refractivity contribution is -0.105. The van der Waals surface area contributed by atoms with E-state index >= 15 is 0 Å². The molecule has 0 amide bonds. The van der Waals surface area contributed by atoms with Crippen LogP contribution in [0.1, 0.15) is 98.3 Å². The third kappa shape index (κ3) is 7.72. The van der Waals surface area contributed by atoms with Gasteiger partial charge in [-0.1, -0.05) is 65.0 Å². The van der Waals surface area contributed by atoms with Crippen molar-refractivity contribution in [2.45, 2.75) is 98.3 Å². The highest BCUT2D eigenvalue weighted by Crippen LogP contribution is 2.55. The van der Waals surface area contributed by atoms with Crippen LogP contribution >= 0.6 is 12.6 Å². The number of thiol groups is 1. The van der Waals surface area contributed by atoms with E-state index in [4.69, 9.17) is 0 Å². The fourth-order valence-electron chi connectivity index (χ4n) is 4.08. The van der Waals surface area contributed by atoms with Crippen molar-refractivity contribution in [3.05, 3.63) is 23.3 Å². The van der Waals surface area contributed by atoms with Crippen LogP contribution in [0, 0.1) is 11.3 Å². The molecule has 0 aromatic heterocycles. The van der Waals surface area contributed by atoms with Crippen molar-refractivity contribution in [3.63, 3.8) is 0 Å². The molecule has 2 fully saturated rings. The first kappa shape index (κ1) is 24.5. The van der Waals surface area contributed by atoms with Crippen LogP contribution in [0.2, 0.25) is 0 Å². The normalized spacial score (nSPS) is 19.9. The van der Waals surface area contributed by atoms with Gasteiger partial charge in [0, 0.05) is 0 Å². The van der Waals surface area contributed by atoms with Gasteiger partial charge in [0.25, 0.3) is 0 Å². The Kier molecular flexibility index (Phi) is 14.4. The lowest BCUT2D eigenvalue weighted by Gasteiger charge is -2.44. The van der Waals surface area contributed by atoms with E-state index in [2.05, 4.69) is 52.5 Å². The summed E-state index contributed by atoms with van der Waals surface area (Å²) in [5.74, 6) is 0.931. The van der Waals surface area contributed by atoms with Crippen molar-refractivity contribution >= 4 is 18.9 Å². The van der Waals surface area contributed by atoms with Crippen LogP contribution in [-0.2, 0) is 4.79 Å². The Morgan fingerprint density at radius 1 is 1.00 bits per heavy atom. The van der Waals surface area contributed by atoms with Gasteiger partial charge in [0.05, 0.1) is 0 Å². The van der Waals surface area contributed by atoms with Crippen LogP contribution in [0.5, 0.6) is 0 Å². The largest absolute Gasteiger partial charge is 0.298 e. The molecular weight excluding hydrogens is 324 g/mol. The molecule has 25 heavy (non-hydrogen) atoms. The predicted molar refractivity (Wildman–Crippen MR) is 117 cm³/mol. The molecule has 0 atom stereocenters. The Hall–Kier alpha value is -0.500. The Morgan fingerprint density at radius 2 is 1.56 bits per heavy atom. The first-order valence-corrected chi connectivity index (χ1v) is 11.3. The highest BCUT2D eigenvalue weighted by molar-refractivity contribution is 7.79. The highest BCUT2D eigenvalue weighted by Gasteiger charge is 2.43. The number of hydrogen-bond donors (Lipinski definition) is 1. The zero-order valence-electron chi connectivity index (χ0n) is 17.4. The minimum atomic E-state index is 0.524. The summed E-state index contributed by atoms with van der Waals surface area (Å²) in [4.78, 5) is 11.3. The smallest absolute Gasteiger partial charge is 0.146 e. The molecule has 0 aromatic carbocycles. The second-order valence-electron chi connectivity index (χ2n) is 7.40. The number of allylic oxidation sites excluding steroid dienone is 4. The number of rotatable bonds is 7. The third-order valence-corrected chi connectivity index (χ3v) is 5.92. The molecule has 0 N–H and O–H groups in total. The highest BCUT2D eigenvalue weighted by atomic mass is 32.1. The molecule has 2 saturated carbocycles. The summed E-state index contributed by atoms with van der Waals surface area (Å²) in [7, 11) is 0. The maximum Gasteiger partial charge on any atom is 0.146 e. The molecule has 0 aromatic rings. The summed E-state index contributed by atoms with van der Waals surface area (Å²) in [6.07, 6.45) is 21.5. The molecule has 0 saturated heterocycles. The van der Waals surface area contributed by atoms with Gasteiger partial charge >= 0.3 is 0 Å². The van der Waals surface area contributed by atoms with E-state index in [9.17, 15) is 4.79 Å². The molecule has 2 aliphatic carbocycles. The van der Waals surface area contributed by atoms with Crippen LogP contribution < -0.4 is 0 Å². The van der Waals surface area contributed by atoms with E-state index in [0.29, 0.717) is 5.41 Å². The van der Waals surface area contributed by atoms with Crippen LogP contribution in [0.15, 0.2) is 23.3 Å². The quantitative estimate of drug-likeness (QED) is 0.213. The van der Waals surface area contributed by atoms with Crippen molar-refractivity contribution in [2.24, 2.45) is 11.3 Å². The second kappa shape index (κ2) is 14.6. The maximum absolute atomic E-state index is 11.3. The van der Waals surface area contributed by atoms with Crippen LogP contribution in [-0.4, -0.2) is 12.5 Å². The Morgan fingerprint density at radius 3 is 1.88 bits per heavy atom. The zero-order valence-corrected chi connectivity index (χ0v) is 18.3. The average molecular weight is 367 g/mol. The number of carbonyl (C=O) groups excluding carboxylic acids is 1. The standard InChI is InChI=1S/C18H28O.C4H10.CH4S/c1-3-8-16(15(4-2)14-19)13-18(11-5-6-12-18)17-9-7-10-17;1-3-4-2;1-2/h3,8,14,17H,4-7,9-13H2,1-2H3;3-4H2,1-2H3;2H,1H3/b8-3-,16-15-;;. The minimum Gasteiger partial charge on any atom is -0.298 e. The van der Waals surface area contributed by atoms with Crippen molar-refractivity contribution < 1.29 is 4.79 Å². The molecule has 0 bridgehead atoms. The molecule has 0 heterocycles. The SMILES string of the molecule is C/C=C\C(CC1(C2CCC2)CCCC1)=C(\C=O)CC.CCCC.CS. The Bertz CT molecular complexity index is 396. The molecule has 2 rings (SSSR count). The van der Waals surface area contributed by atoms with Crippen LogP contribution in [0.25, 0.3) is 0 Å². The first-order valence-electron chi connectivity index (χ1n) is 10.4. The summed E-state index contributed by atoms with van der Waals surface area (Å²) in [6.45, 7) is 8.51. The number of carbonyl (C=O) groups is 1. The fourth-order valence-corrected chi connectivity index (χ4v) is 4.08. The summed E-state index contributed by atoms with van der Waals surface area (Å²) in [6, 6.07) is 0. The van der Waals surface area contributed by atoms with Gasteiger partial charge < -0.3 is 0 Å². The predicted octanol–water partition coefficient (Wildman–Crippen LogP) is 7.57. The van der Waals surface area contributed by atoms with Gasteiger partial charge in [0.15, 0.2) is 0 Å². The molecule has 0 unspecified atom stereocenters. The lowest BCUT2D eigenvalue weighted by atomic mass is 9.61. The van der Waals surface area contributed by atoms with Crippen molar-refractivity contribution in [1.82, 2.24) is 0 Å². The maximum atomic E-state index is 11.3. The van der Waals surface area contributed by atoms with Gasteiger partial charge in [-0.25, -0.2) is 0 Å². The monoisotopic (exact) mass is 366 g/mol. The molecular formula is C23H42OS. The first-order chi connectivity index (χ1) is 12.2. The molecule has 146 valence electrons. The fraction of sp³-hybridized carbons (Fsp3) is 0.783. The number of unbranched alkanes of at least 4 members (excludes halogenated alkanes) is 1. The molecule has 2 heteroatoms. The lowest BCUT2D eigenvalue weighted by Crippen LogP contribution is -2.33. The van der Waals surface area contributed by atoms with E-state index in [1.807, 2.05) is 0 Å². The summed E-state index contributed by atoms with van der Waals surface area (Å²) in [5.41, 5.74) is 2.86. The van der Waals surface area contributed by atoms with Gasteiger partial charge in [-0.05, 0) is 74.2 Å². The van der Waals surface area contributed by atoms with Gasteiger partial charge in [-0.3, -0.25) is 4.79 Å². The Labute approximate surface area is 163 Å². The van der Waals surface area contributed by atoms with E-state index < -0.39 is 0 Å². The van der Waals surface area contributed by atoms with Gasteiger partial charge in [-0.2, -0.15) is 12.6 Å². The minimum absolute atomic E-state index is 0.524. The Balaban J connectivity index is 0.000000845. The van der Waals surface area contributed by atoms with Gasteiger partial charge in [0.1, 0.15) is 6.29 Å². The topological polar surface area (TPSA) is 17.1 Å². The second-order valence-corrected chi connectivity index (χ2v) is 7.40. The number of aldehydes is 1. The van der Waals surface area contributed by atoms with Gasteiger partial charge in [-0.15, -0.1) is 0 Å². The van der Waals surface area contributed by atoms with E-state index in [-0.39, 0.29) is 0 Å². The molecule has 0 radical (unpaired) electrons. The summed E-state index contributed by atoms with van der Waals surface area (Å²) in [5, 5.41) is 0. The average Bonchev–Trinajstić information content (AvgIpc) is 3.05. The van der Waals surface area contributed by atoms with Crippen molar-refractivity contribution in [3.8, 4) is 0 Å². The summed E-state index contributed by atoms with van der Waals surface area (Å²) >= 11 is 3.53. The molecule has 1 nitrogen and oxygen atoms in total. The van der Waals surface area contributed by atoms with Crippen molar-refractivity contribution in [2.75, 3.05) is 6.26 Å². The number of hydrogen-bond acceptors (Lipinski definition) is 2. The molecule has 0 aliphatic heterocycles. The third-order valence-electron chi connectivity index (χ3n) is 5.92. The van der Waals surface area contributed by atoms with E-state index in [1.54, 1.807) is 6.26 Å². The summed E-state index contributed by atoms with van der Waals surface area (Å²) < 4.78 is 0. The molecule has 0 spiro atoms. The molecule has 2 aliphatic rings. The van der Waals surface area contributed by atoms with Crippen LogP contribution in [0.4, 0.5) is 0 Å².